The second-order valence-electron chi connectivity index (χ2n) is 4.88. The average Bonchev–Trinajstić information content (AvgIpc) is 2.97. The van der Waals surface area contributed by atoms with Crippen LogP contribution in [0.4, 0.5) is 13.2 Å². The van der Waals surface area contributed by atoms with Gasteiger partial charge in [0.15, 0.2) is 5.16 Å². The van der Waals surface area contributed by atoms with Gasteiger partial charge in [0, 0.05) is 12.8 Å². The fourth-order valence-corrected chi connectivity index (χ4v) is 3.78. The van der Waals surface area contributed by atoms with Crippen molar-refractivity contribution in [2.75, 3.05) is 0 Å². The van der Waals surface area contributed by atoms with Crippen molar-refractivity contribution in [1.29, 1.82) is 0 Å². The minimum absolute atomic E-state index is 0.119. The van der Waals surface area contributed by atoms with Crippen LogP contribution in [0.25, 0.3) is 10.2 Å². The monoisotopic (exact) mass is 356 g/mol. The summed E-state index contributed by atoms with van der Waals surface area (Å²) >= 11 is 2.71. The van der Waals surface area contributed by atoms with E-state index < -0.39 is 11.7 Å². The smallest absolute Gasteiger partial charge is 0.290 e. The van der Waals surface area contributed by atoms with Crippen molar-refractivity contribution >= 4 is 33.3 Å². The Morgan fingerprint density at radius 3 is 2.57 bits per heavy atom. The maximum atomic E-state index is 12.5. The van der Waals surface area contributed by atoms with Crippen LogP contribution < -0.4 is 5.56 Å². The van der Waals surface area contributed by atoms with Crippen molar-refractivity contribution in [1.82, 2.24) is 9.55 Å². The highest BCUT2D eigenvalue weighted by atomic mass is 32.2. The second-order valence-corrected chi connectivity index (χ2v) is 6.72. The van der Waals surface area contributed by atoms with Crippen LogP contribution in [0.1, 0.15) is 11.1 Å². The van der Waals surface area contributed by atoms with E-state index in [-0.39, 0.29) is 5.56 Å². The first-order valence-corrected chi connectivity index (χ1v) is 8.46. The molecule has 0 N–H and O–H groups in total. The van der Waals surface area contributed by atoms with Gasteiger partial charge in [-0.05, 0) is 29.1 Å². The Hall–Kier alpha value is -1.80. The van der Waals surface area contributed by atoms with Gasteiger partial charge in [-0.15, -0.1) is 11.3 Å². The van der Waals surface area contributed by atoms with E-state index in [0.29, 0.717) is 21.1 Å². The van der Waals surface area contributed by atoms with E-state index in [2.05, 4.69) is 4.98 Å². The van der Waals surface area contributed by atoms with Gasteiger partial charge >= 0.3 is 6.18 Å². The van der Waals surface area contributed by atoms with E-state index in [1.807, 2.05) is 5.38 Å². The zero-order valence-electron chi connectivity index (χ0n) is 11.9. The van der Waals surface area contributed by atoms with Crippen LogP contribution in [-0.4, -0.2) is 9.55 Å². The van der Waals surface area contributed by atoms with Gasteiger partial charge in [-0.25, -0.2) is 4.98 Å². The first kappa shape index (κ1) is 16.1. The van der Waals surface area contributed by atoms with Crippen LogP contribution in [0.3, 0.4) is 0 Å². The topological polar surface area (TPSA) is 34.9 Å². The number of alkyl halides is 3. The summed E-state index contributed by atoms with van der Waals surface area (Å²) in [5, 5.41) is 2.94. The van der Waals surface area contributed by atoms with Crippen LogP contribution in [0, 0.1) is 0 Å². The Morgan fingerprint density at radius 1 is 1.22 bits per heavy atom. The number of thioether (sulfide) groups is 1. The van der Waals surface area contributed by atoms with E-state index >= 15 is 0 Å². The van der Waals surface area contributed by atoms with E-state index in [4.69, 9.17) is 0 Å². The SMILES string of the molecule is Cn1c(SCc2ccc(C(F)(F)F)cc2)nc2sccc2c1=O. The van der Waals surface area contributed by atoms with Crippen LogP contribution in [0.15, 0.2) is 45.7 Å². The third kappa shape index (κ3) is 3.28. The van der Waals surface area contributed by atoms with Crippen LogP contribution in [0.5, 0.6) is 0 Å². The van der Waals surface area contributed by atoms with Crippen molar-refractivity contribution in [3.63, 3.8) is 0 Å². The molecule has 3 nitrogen and oxygen atoms in total. The van der Waals surface area contributed by atoms with Crippen molar-refractivity contribution in [3.8, 4) is 0 Å². The summed E-state index contributed by atoms with van der Waals surface area (Å²) in [6, 6.07) is 6.74. The number of thiophene rings is 1. The van der Waals surface area contributed by atoms with Gasteiger partial charge in [-0.2, -0.15) is 13.2 Å². The molecule has 0 radical (unpaired) electrons. The van der Waals surface area contributed by atoms with E-state index in [1.54, 1.807) is 13.1 Å². The highest BCUT2D eigenvalue weighted by Gasteiger charge is 2.29. The second kappa shape index (κ2) is 6.01. The summed E-state index contributed by atoms with van der Waals surface area (Å²) in [5.41, 5.74) is -0.0496. The molecule has 0 amide bonds. The Morgan fingerprint density at radius 2 is 1.91 bits per heavy atom. The average molecular weight is 356 g/mol. The zero-order valence-corrected chi connectivity index (χ0v) is 13.6. The van der Waals surface area contributed by atoms with Gasteiger partial charge in [-0.3, -0.25) is 9.36 Å². The molecule has 0 bridgehead atoms. The van der Waals surface area contributed by atoms with Crippen LogP contribution in [0.2, 0.25) is 0 Å². The maximum Gasteiger partial charge on any atom is 0.416 e. The molecule has 1 aromatic carbocycles. The molecule has 3 aromatic rings. The normalized spacial score (nSPS) is 12.0. The summed E-state index contributed by atoms with van der Waals surface area (Å²) in [7, 11) is 1.64. The van der Waals surface area contributed by atoms with Gasteiger partial charge in [0.05, 0.1) is 10.9 Å². The summed E-state index contributed by atoms with van der Waals surface area (Å²) in [4.78, 5) is 17.3. The fraction of sp³-hybridized carbons (Fsp3) is 0.200. The summed E-state index contributed by atoms with van der Waals surface area (Å²) in [6.45, 7) is 0. The molecule has 0 saturated carbocycles. The van der Waals surface area contributed by atoms with Gasteiger partial charge in [0.1, 0.15) is 4.83 Å². The molecule has 0 aliphatic rings. The number of nitrogens with zero attached hydrogens (tertiary/aromatic N) is 2. The molecule has 0 unspecified atom stereocenters. The zero-order chi connectivity index (χ0) is 16.6. The van der Waals surface area contributed by atoms with Crippen LogP contribution in [-0.2, 0) is 19.0 Å². The van der Waals surface area contributed by atoms with Crippen molar-refractivity contribution in [2.24, 2.45) is 7.05 Å². The Labute approximate surface area is 137 Å². The summed E-state index contributed by atoms with van der Waals surface area (Å²) < 4.78 is 39.1. The first-order valence-electron chi connectivity index (χ1n) is 6.59. The van der Waals surface area contributed by atoms with Gasteiger partial charge in [-0.1, -0.05) is 23.9 Å². The number of rotatable bonds is 3. The molecule has 0 aliphatic heterocycles. The molecule has 8 heteroatoms. The summed E-state index contributed by atoms with van der Waals surface area (Å²) in [5.74, 6) is 0.440. The largest absolute Gasteiger partial charge is 0.416 e. The molecule has 0 spiro atoms. The number of halogens is 3. The van der Waals surface area contributed by atoms with Gasteiger partial charge < -0.3 is 0 Å². The summed E-state index contributed by atoms with van der Waals surface area (Å²) in [6.07, 6.45) is -4.33. The van der Waals surface area contributed by atoms with Gasteiger partial charge in [0.2, 0.25) is 0 Å². The lowest BCUT2D eigenvalue weighted by Gasteiger charge is -2.09. The van der Waals surface area contributed by atoms with Crippen LogP contribution >= 0.6 is 23.1 Å². The minimum atomic E-state index is -4.33. The quantitative estimate of drug-likeness (QED) is 0.518. The lowest BCUT2D eigenvalue weighted by molar-refractivity contribution is -0.137. The minimum Gasteiger partial charge on any atom is -0.290 e. The van der Waals surface area contributed by atoms with E-state index in [9.17, 15) is 18.0 Å². The molecule has 0 aliphatic carbocycles. The molecule has 23 heavy (non-hydrogen) atoms. The third-order valence-electron chi connectivity index (χ3n) is 3.31. The fourth-order valence-electron chi connectivity index (χ4n) is 2.05. The first-order chi connectivity index (χ1) is 10.9. The Bertz CT molecular complexity index is 898. The predicted octanol–water partition coefficient (Wildman–Crippen LogP) is 4.31. The Kier molecular flexibility index (Phi) is 4.20. The van der Waals surface area contributed by atoms with E-state index in [0.717, 1.165) is 17.7 Å². The number of fused-ring (bicyclic) bond motifs is 1. The molecule has 2 aromatic heterocycles. The lowest BCUT2D eigenvalue weighted by atomic mass is 10.1. The van der Waals surface area contributed by atoms with Crippen molar-refractivity contribution in [2.45, 2.75) is 17.1 Å². The number of hydrogen-bond donors (Lipinski definition) is 0. The highest BCUT2D eigenvalue weighted by Crippen LogP contribution is 2.30. The molecule has 0 fully saturated rings. The van der Waals surface area contributed by atoms with Gasteiger partial charge in [0.25, 0.3) is 5.56 Å². The molecule has 3 rings (SSSR count). The number of benzene rings is 1. The van der Waals surface area contributed by atoms with Crippen molar-refractivity contribution < 1.29 is 13.2 Å². The van der Waals surface area contributed by atoms with E-state index in [1.165, 1.54) is 39.8 Å². The maximum absolute atomic E-state index is 12.5. The molecular formula is C15H11F3N2OS2. The molecule has 0 saturated heterocycles. The molecule has 120 valence electrons. The highest BCUT2D eigenvalue weighted by molar-refractivity contribution is 7.98. The standard InChI is InChI=1S/C15H11F3N2OS2/c1-20-13(21)11-6-7-22-12(11)19-14(20)23-8-9-2-4-10(5-3-9)15(16,17)18/h2-7H,8H2,1H3. The number of aromatic nitrogens is 2. The lowest BCUT2D eigenvalue weighted by Crippen LogP contribution is -2.19. The molecular weight excluding hydrogens is 345 g/mol. The van der Waals surface area contributed by atoms with Crippen molar-refractivity contribution in [3.05, 3.63) is 57.2 Å². The molecule has 2 heterocycles. The number of hydrogen-bond acceptors (Lipinski definition) is 4. The third-order valence-corrected chi connectivity index (χ3v) is 5.22. The Balaban J connectivity index is 1.81. The molecule has 0 atom stereocenters. The predicted molar refractivity (Wildman–Crippen MR) is 85.9 cm³/mol.